The molecule has 3 N–H and O–H groups in total. The van der Waals surface area contributed by atoms with Gasteiger partial charge in [-0.25, -0.2) is 5.43 Å². The second kappa shape index (κ2) is 7.99. The number of hydrogen-bond acceptors (Lipinski definition) is 4. The van der Waals surface area contributed by atoms with Gasteiger partial charge >= 0.3 is 0 Å². The van der Waals surface area contributed by atoms with E-state index in [1.54, 1.807) is 0 Å². The number of hydrazine groups is 1. The highest BCUT2D eigenvalue weighted by molar-refractivity contribution is 9.10. The second-order valence-electron chi connectivity index (χ2n) is 4.91. The number of hydrogen-bond donors (Lipinski definition) is 2. The highest BCUT2D eigenvalue weighted by Gasteiger charge is 2.30. The van der Waals surface area contributed by atoms with Crippen LogP contribution in [0.4, 0.5) is 0 Å². The summed E-state index contributed by atoms with van der Waals surface area (Å²) in [5.41, 5.74) is 3.95. The van der Waals surface area contributed by atoms with Crippen molar-refractivity contribution >= 4 is 15.9 Å². The molecule has 0 radical (unpaired) electrons. The largest absolute Gasteiger partial charge is 0.376 e. The fourth-order valence-electron chi connectivity index (χ4n) is 2.27. The first kappa shape index (κ1) is 16.6. The van der Waals surface area contributed by atoms with Gasteiger partial charge in [-0.3, -0.25) is 10.5 Å². The van der Waals surface area contributed by atoms with Crippen molar-refractivity contribution < 1.29 is 4.74 Å². The van der Waals surface area contributed by atoms with E-state index in [1.165, 1.54) is 0 Å². The summed E-state index contributed by atoms with van der Waals surface area (Å²) in [5.74, 6) is 6.13. The predicted octanol–water partition coefficient (Wildman–Crippen LogP) is 2.62. The van der Waals surface area contributed by atoms with Gasteiger partial charge in [0.1, 0.15) is 0 Å². The predicted molar refractivity (Wildman–Crippen MR) is 80.5 cm³/mol. The molecule has 0 aliphatic heterocycles. The van der Waals surface area contributed by atoms with Crippen LogP contribution in [0.25, 0.3) is 0 Å². The third-order valence-electron chi connectivity index (χ3n) is 3.09. The van der Waals surface area contributed by atoms with Crippen molar-refractivity contribution in [2.75, 3.05) is 6.61 Å². The van der Waals surface area contributed by atoms with E-state index >= 15 is 0 Å². The lowest BCUT2D eigenvalue weighted by molar-refractivity contribution is 0.000484. The van der Waals surface area contributed by atoms with Crippen LogP contribution in [0.2, 0.25) is 0 Å². The Labute approximate surface area is 124 Å². The molecule has 1 aromatic heterocycles. The Morgan fingerprint density at radius 3 is 2.63 bits per heavy atom. The Hall–Kier alpha value is -0.430. The van der Waals surface area contributed by atoms with E-state index in [4.69, 9.17) is 10.6 Å². The van der Waals surface area contributed by atoms with E-state index < -0.39 is 0 Å². The molecule has 1 rings (SSSR count). The fraction of sp³-hybridized carbons (Fsp3) is 0.769. The zero-order valence-electron chi connectivity index (χ0n) is 12.2. The third kappa shape index (κ3) is 4.02. The first-order valence-corrected chi connectivity index (χ1v) is 7.64. The highest BCUT2D eigenvalue weighted by Crippen LogP contribution is 2.30. The fourth-order valence-corrected chi connectivity index (χ4v) is 2.81. The molecule has 0 aliphatic carbocycles. The van der Waals surface area contributed by atoms with Crippen LogP contribution in [0.1, 0.15) is 45.9 Å². The van der Waals surface area contributed by atoms with Gasteiger partial charge in [0.25, 0.3) is 0 Å². The van der Waals surface area contributed by atoms with Crippen LogP contribution in [0.3, 0.4) is 0 Å². The number of nitrogens with two attached hydrogens (primary N) is 1. The maximum atomic E-state index is 5.86. The van der Waals surface area contributed by atoms with E-state index in [1.807, 2.05) is 17.8 Å². The van der Waals surface area contributed by atoms with E-state index in [-0.39, 0.29) is 12.1 Å². The number of rotatable bonds is 8. The summed E-state index contributed by atoms with van der Waals surface area (Å²) in [6.45, 7) is 9.95. The van der Waals surface area contributed by atoms with Crippen LogP contribution in [0.5, 0.6) is 0 Å². The quantitative estimate of drug-likeness (QED) is 0.567. The molecule has 0 aromatic carbocycles. The normalized spacial score (nSPS) is 14.9. The summed E-state index contributed by atoms with van der Waals surface area (Å²) >= 11 is 3.56. The van der Waals surface area contributed by atoms with Gasteiger partial charge in [-0.2, -0.15) is 5.10 Å². The van der Waals surface area contributed by atoms with E-state index in [2.05, 4.69) is 47.2 Å². The molecule has 5 nitrogen and oxygen atoms in total. The zero-order chi connectivity index (χ0) is 14.4. The van der Waals surface area contributed by atoms with Crippen LogP contribution < -0.4 is 11.3 Å². The molecule has 6 heteroatoms. The van der Waals surface area contributed by atoms with Gasteiger partial charge in [0.15, 0.2) is 0 Å². The summed E-state index contributed by atoms with van der Waals surface area (Å²) in [5, 5.41) is 4.39. The van der Waals surface area contributed by atoms with Crippen LogP contribution in [0, 0.1) is 5.92 Å². The summed E-state index contributed by atoms with van der Waals surface area (Å²) < 4.78 is 8.82. The average molecular weight is 333 g/mol. The van der Waals surface area contributed by atoms with E-state index in [0.717, 1.165) is 23.1 Å². The minimum atomic E-state index is -0.0802. The standard InChI is InChI=1S/C13H25BrN4O/c1-5-7-18-12(10(14)8-16-18)11(17-15)13(9(3)4)19-6-2/h8-9,11,13,17H,5-7,15H2,1-4H3. The van der Waals surface area contributed by atoms with Crippen LogP contribution in [0.15, 0.2) is 10.7 Å². The van der Waals surface area contributed by atoms with E-state index in [0.29, 0.717) is 12.5 Å². The van der Waals surface area contributed by atoms with Gasteiger partial charge in [0, 0.05) is 13.2 Å². The van der Waals surface area contributed by atoms with Gasteiger partial charge < -0.3 is 4.74 Å². The molecular formula is C13H25BrN4O. The summed E-state index contributed by atoms with van der Waals surface area (Å²) in [6.07, 6.45) is 2.86. The number of nitrogens with zero attached hydrogens (tertiary/aromatic N) is 2. The van der Waals surface area contributed by atoms with Crippen LogP contribution >= 0.6 is 15.9 Å². The Morgan fingerprint density at radius 2 is 2.16 bits per heavy atom. The molecule has 2 unspecified atom stereocenters. The van der Waals surface area contributed by atoms with Crippen molar-refractivity contribution in [2.45, 2.75) is 52.8 Å². The zero-order valence-corrected chi connectivity index (χ0v) is 13.8. The second-order valence-corrected chi connectivity index (χ2v) is 5.76. The number of aromatic nitrogens is 2. The smallest absolute Gasteiger partial charge is 0.0904 e. The molecule has 0 saturated carbocycles. The topological polar surface area (TPSA) is 65.1 Å². The third-order valence-corrected chi connectivity index (χ3v) is 3.70. The Morgan fingerprint density at radius 1 is 1.47 bits per heavy atom. The molecule has 1 heterocycles. The maximum Gasteiger partial charge on any atom is 0.0904 e. The summed E-state index contributed by atoms with van der Waals surface area (Å²) in [7, 11) is 0. The lowest BCUT2D eigenvalue weighted by Gasteiger charge is -2.30. The van der Waals surface area contributed by atoms with Gasteiger partial charge in [-0.1, -0.05) is 20.8 Å². The van der Waals surface area contributed by atoms with Crippen molar-refractivity contribution in [3.8, 4) is 0 Å². The molecule has 0 saturated heterocycles. The van der Waals surface area contributed by atoms with Crippen molar-refractivity contribution in [3.63, 3.8) is 0 Å². The first-order valence-electron chi connectivity index (χ1n) is 6.85. The number of halogens is 1. The molecule has 0 bridgehead atoms. The van der Waals surface area contributed by atoms with Crippen molar-refractivity contribution in [3.05, 3.63) is 16.4 Å². The molecule has 0 amide bonds. The molecule has 2 atom stereocenters. The molecule has 19 heavy (non-hydrogen) atoms. The lowest BCUT2D eigenvalue weighted by Crippen LogP contribution is -2.42. The molecule has 1 aromatic rings. The van der Waals surface area contributed by atoms with Crippen molar-refractivity contribution in [2.24, 2.45) is 11.8 Å². The highest BCUT2D eigenvalue weighted by atomic mass is 79.9. The molecule has 110 valence electrons. The maximum absolute atomic E-state index is 5.86. The molecule has 0 spiro atoms. The number of aryl methyl sites for hydroxylation is 1. The summed E-state index contributed by atoms with van der Waals surface area (Å²) in [4.78, 5) is 0. The average Bonchev–Trinajstić information content (AvgIpc) is 2.72. The van der Waals surface area contributed by atoms with Crippen LogP contribution in [-0.4, -0.2) is 22.5 Å². The SMILES string of the molecule is CCCn1ncc(Br)c1C(NN)C(OCC)C(C)C. The molecular weight excluding hydrogens is 308 g/mol. The van der Waals surface area contributed by atoms with Crippen molar-refractivity contribution in [1.82, 2.24) is 15.2 Å². The number of nitrogens with one attached hydrogen (secondary N) is 1. The Bertz CT molecular complexity index is 381. The molecule has 0 aliphatic rings. The van der Waals surface area contributed by atoms with Gasteiger partial charge in [-0.15, -0.1) is 0 Å². The van der Waals surface area contributed by atoms with E-state index in [9.17, 15) is 0 Å². The van der Waals surface area contributed by atoms with Gasteiger partial charge in [0.05, 0.1) is 28.5 Å². The Balaban J connectivity index is 3.09. The summed E-state index contributed by atoms with van der Waals surface area (Å²) in [6, 6.07) is -0.0802. The first-order chi connectivity index (χ1) is 9.06. The van der Waals surface area contributed by atoms with Crippen LogP contribution in [-0.2, 0) is 11.3 Å². The van der Waals surface area contributed by atoms with Gasteiger partial charge in [0.2, 0.25) is 0 Å². The molecule has 0 fully saturated rings. The monoisotopic (exact) mass is 332 g/mol. The lowest BCUT2D eigenvalue weighted by atomic mass is 9.97. The Kier molecular flexibility index (Phi) is 6.99. The van der Waals surface area contributed by atoms with Gasteiger partial charge in [-0.05, 0) is 35.2 Å². The minimum Gasteiger partial charge on any atom is -0.376 e. The minimum absolute atomic E-state index is 0.0126. The van der Waals surface area contributed by atoms with Crippen molar-refractivity contribution in [1.29, 1.82) is 0 Å². The number of ether oxygens (including phenoxy) is 1.